The van der Waals surface area contributed by atoms with E-state index in [2.05, 4.69) is 12.2 Å². The first-order valence-electron chi connectivity index (χ1n) is 6.94. The molecule has 0 aliphatic carbocycles. The minimum Gasteiger partial charge on any atom is -0.354 e. The number of benzene rings is 1. The average molecular weight is 272 g/mol. The van der Waals surface area contributed by atoms with Gasteiger partial charge in [0.15, 0.2) is 0 Å². The Hall–Kier alpha value is -2.10. The second kappa shape index (κ2) is 5.90. The van der Waals surface area contributed by atoms with E-state index < -0.39 is 0 Å². The summed E-state index contributed by atoms with van der Waals surface area (Å²) >= 11 is 0. The van der Waals surface area contributed by atoms with Crippen molar-refractivity contribution in [2.45, 2.75) is 33.2 Å². The van der Waals surface area contributed by atoms with Crippen LogP contribution in [0.2, 0.25) is 0 Å². The van der Waals surface area contributed by atoms with E-state index in [1.54, 1.807) is 17.7 Å². The van der Waals surface area contributed by atoms with Gasteiger partial charge in [0.25, 0.3) is 11.5 Å². The summed E-state index contributed by atoms with van der Waals surface area (Å²) in [5.41, 5.74) is 1.39. The van der Waals surface area contributed by atoms with Crippen LogP contribution in [-0.2, 0) is 6.54 Å². The predicted molar refractivity (Wildman–Crippen MR) is 81.2 cm³/mol. The van der Waals surface area contributed by atoms with Gasteiger partial charge in [-0.1, -0.05) is 31.0 Å². The van der Waals surface area contributed by atoms with Crippen LogP contribution >= 0.6 is 0 Å². The molecule has 0 unspecified atom stereocenters. The van der Waals surface area contributed by atoms with Gasteiger partial charge in [-0.3, -0.25) is 9.59 Å². The van der Waals surface area contributed by atoms with E-state index in [9.17, 15) is 9.59 Å². The first-order chi connectivity index (χ1) is 9.58. The van der Waals surface area contributed by atoms with Crippen molar-refractivity contribution in [2.24, 2.45) is 0 Å². The molecule has 4 nitrogen and oxygen atoms in total. The van der Waals surface area contributed by atoms with Crippen molar-refractivity contribution in [1.82, 2.24) is 9.88 Å². The van der Waals surface area contributed by atoms with Crippen LogP contribution < -0.4 is 10.9 Å². The fourth-order valence-corrected chi connectivity index (χ4v) is 2.32. The highest BCUT2D eigenvalue weighted by Crippen LogP contribution is 2.15. The monoisotopic (exact) mass is 272 g/mol. The van der Waals surface area contributed by atoms with Gasteiger partial charge < -0.3 is 9.88 Å². The topological polar surface area (TPSA) is 51.1 Å². The molecule has 0 aliphatic heterocycles. The molecule has 2 rings (SSSR count). The lowest BCUT2D eigenvalue weighted by molar-refractivity contribution is 0.0952. The van der Waals surface area contributed by atoms with Crippen LogP contribution in [-0.4, -0.2) is 17.5 Å². The van der Waals surface area contributed by atoms with E-state index in [1.807, 2.05) is 25.1 Å². The molecular weight excluding hydrogens is 252 g/mol. The summed E-state index contributed by atoms with van der Waals surface area (Å²) < 4.78 is 1.59. The number of carbonyl (C=O) groups excluding carboxylic acids is 1. The molecule has 0 bridgehead atoms. The number of carbonyl (C=O) groups is 1. The van der Waals surface area contributed by atoms with Crippen molar-refractivity contribution in [2.75, 3.05) is 7.05 Å². The number of rotatable bonds is 4. The molecular formula is C16H20N2O2. The lowest BCUT2D eigenvalue weighted by atomic mass is 10.1. The third-order valence-corrected chi connectivity index (χ3v) is 3.46. The number of hydrogen-bond donors (Lipinski definition) is 1. The van der Waals surface area contributed by atoms with Gasteiger partial charge in [-0.2, -0.15) is 0 Å². The van der Waals surface area contributed by atoms with Crippen LogP contribution in [0.15, 0.2) is 29.1 Å². The summed E-state index contributed by atoms with van der Waals surface area (Å²) in [6.45, 7) is 4.60. The molecule has 1 N–H and O–H groups in total. The lowest BCUT2D eigenvalue weighted by Gasteiger charge is -2.13. The molecule has 0 saturated carbocycles. The first kappa shape index (κ1) is 14.3. The van der Waals surface area contributed by atoms with E-state index in [0.717, 1.165) is 23.8 Å². The third-order valence-electron chi connectivity index (χ3n) is 3.46. The number of amides is 1. The number of pyridine rings is 1. The van der Waals surface area contributed by atoms with Crippen LogP contribution in [0.5, 0.6) is 0 Å². The number of nitrogens with one attached hydrogen (secondary N) is 1. The van der Waals surface area contributed by atoms with E-state index in [0.29, 0.717) is 17.6 Å². The Kier molecular flexibility index (Phi) is 4.23. The van der Waals surface area contributed by atoms with Crippen molar-refractivity contribution < 1.29 is 4.79 Å². The zero-order valence-corrected chi connectivity index (χ0v) is 12.2. The molecule has 0 fully saturated rings. The van der Waals surface area contributed by atoms with Crippen LogP contribution in [0, 0.1) is 6.92 Å². The van der Waals surface area contributed by atoms with Gasteiger partial charge >= 0.3 is 0 Å². The maximum absolute atomic E-state index is 12.6. The third kappa shape index (κ3) is 2.59. The summed E-state index contributed by atoms with van der Waals surface area (Å²) in [5.74, 6) is -0.222. The second-order valence-electron chi connectivity index (χ2n) is 5.01. The van der Waals surface area contributed by atoms with Gasteiger partial charge in [-0.05, 0) is 30.9 Å². The summed E-state index contributed by atoms with van der Waals surface area (Å²) in [6.07, 6.45) is 1.85. The van der Waals surface area contributed by atoms with Crippen LogP contribution in [0.25, 0.3) is 10.8 Å². The molecule has 1 heterocycles. The summed E-state index contributed by atoms with van der Waals surface area (Å²) in [7, 11) is 1.58. The molecule has 0 aliphatic rings. The molecule has 0 spiro atoms. The molecule has 0 saturated heterocycles. The second-order valence-corrected chi connectivity index (χ2v) is 5.01. The quantitative estimate of drug-likeness (QED) is 0.929. The predicted octanol–water partition coefficient (Wildman–Crippen LogP) is 2.47. The fraction of sp³-hybridized carbons (Fsp3) is 0.375. The van der Waals surface area contributed by atoms with E-state index in [4.69, 9.17) is 0 Å². The number of fused-ring (bicyclic) bond motifs is 1. The minimum atomic E-state index is -0.222. The van der Waals surface area contributed by atoms with Gasteiger partial charge in [0.2, 0.25) is 0 Å². The van der Waals surface area contributed by atoms with Crippen molar-refractivity contribution in [3.63, 3.8) is 0 Å². The van der Waals surface area contributed by atoms with Crippen LogP contribution in [0.3, 0.4) is 0 Å². The zero-order chi connectivity index (χ0) is 14.7. The number of aryl methyl sites for hydroxylation is 1. The van der Waals surface area contributed by atoms with Gasteiger partial charge in [-0.25, -0.2) is 0 Å². The molecule has 20 heavy (non-hydrogen) atoms. The van der Waals surface area contributed by atoms with Gasteiger partial charge in [0, 0.05) is 19.0 Å². The molecule has 1 aromatic heterocycles. The Labute approximate surface area is 118 Å². The Morgan fingerprint density at radius 2 is 2.05 bits per heavy atom. The van der Waals surface area contributed by atoms with Crippen LogP contribution in [0.1, 0.15) is 35.8 Å². The summed E-state index contributed by atoms with van der Waals surface area (Å²) in [6, 6.07) is 7.52. The van der Waals surface area contributed by atoms with Gasteiger partial charge in [0.1, 0.15) is 5.69 Å². The summed E-state index contributed by atoms with van der Waals surface area (Å²) in [4.78, 5) is 24.6. The highest BCUT2D eigenvalue weighted by atomic mass is 16.2. The standard InChI is InChI=1S/C16H20N2O2/c1-4-5-8-18-14(15(19)17-3)10-12-7-6-11(2)9-13(12)16(18)20/h6-7,9-10H,4-5,8H2,1-3H3,(H,17,19). The molecule has 1 amide bonds. The van der Waals surface area contributed by atoms with Crippen molar-refractivity contribution in [1.29, 1.82) is 0 Å². The van der Waals surface area contributed by atoms with Crippen molar-refractivity contribution in [3.05, 3.63) is 45.9 Å². The highest BCUT2D eigenvalue weighted by Gasteiger charge is 2.14. The zero-order valence-electron chi connectivity index (χ0n) is 12.2. The van der Waals surface area contributed by atoms with Gasteiger partial charge in [-0.15, -0.1) is 0 Å². The highest BCUT2D eigenvalue weighted by molar-refractivity contribution is 5.96. The number of unbranched alkanes of at least 4 members (excludes halogenated alkanes) is 1. The average Bonchev–Trinajstić information content (AvgIpc) is 2.46. The smallest absolute Gasteiger partial charge is 0.267 e. The largest absolute Gasteiger partial charge is 0.354 e. The van der Waals surface area contributed by atoms with Crippen molar-refractivity contribution >= 4 is 16.7 Å². The first-order valence-corrected chi connectivity index (χ1v) is 6.94. The molecule has 0 atom stereocenters. The minimum absolute atomic E-state index is 0.0850. The normalized spacial score (nSPS) is 10.8. The van der Waals surface area contributed by atoms with E-state index >= 15 is 0 Å². The Bertz CT molecular complexity index is 701. The maximum Gasteiger partial charge on any atom is 0.267 e. The number of aromatic nitrogens is 1. The number of nitrogens with zero attached hydrogens (tertiary/aromatic N) is 1. The maximum atomic E-state index is 12.6. The Morgan fingerprint density at radius 1 is 1.30 bits per heavy atom. The van der Waals surface area contributed by atoms with E-state index in [-0.39, 0.29) is 11.5 Å². The van der Waals surface area contributed by atoms with Crippen molar-refractivity contribution in [3.8, 4) is 0 Å². The number of hydrogen-bond acceptors (Lipinski definition) is 2. The SMILES string of the molecule is CCCCn1c(C(=O)NC)cc2ccc(C)cc2c1=O. The van der Waals surface area contributed by atoms with E-state index in [1.165, 1.54) is 0 Å². The fourth-order valence-electron chi connectivity index (χ4n) is 2.32. The molecule has 4 heteroatoms. The molecule has 0 radical (unpaired) electrons. The summed E-state index contributed by atoms with van der Waals surface area (Å²) in [5, 5.41) is 4.09. The Balaban J connectivity index is 2.72. The lowest BCUT2D eigenvalue weighted by Crippen LogP contribution is -2.30. The van der Waals surface area contributed by atoms with Gasteiger partial charge in [0.05, 0.1) is 0 Å². The molecule has 1 aromatic carbocycles. The molecule has 2 aromatic rings. The molecule has 106 valence electrons. The Morgan fingerprint density at radius 3 is 2.70 bits per heavy atom. The van der Waals surface area contributed by atoms with Crippen LogP contribution in [0.4, 0.5) is 0 Å².